The summed E-state index contributed by atoms with van der Waals surface area (Å²) in [5.41, 5.74) is 6.42. The van der Waals surface area contributed by atoms with E-state index in [2.05, 4.69) is 41.7 Å². The molecular formula is C26H19NO3. The molecule has 1 aliphatic rings. The van der Waals surface area contributed by atoms with Crippen LogP contribution in [0.1, 0.15) is 28.4 Å². The van der Waals surface area contributed by atoms with Crippen molar-refractivity contribution < 1.29 is 14.3 Å². The fourth-order valence-corrected chi connectivity index (χ4v) is 4.02. The molecule has 0 bridgehead atoms. The van der Waals surface area contributed by atoms with E-state index in [0.717, 1.165) is 22.9 Å². The molecule has 0 saturated carbocycles. The monoisotopic (exact) mass is 393 g/mol. The van der Waals surface area contributed by atoms with Gasteiger partial charge >= 0.3 is 5.97 Å². The van der Waals surface area contributed by atoms with Crippen molar-refractivity contribution in [2.45, 2.75) is 13.3 Å². The van der Waals surface area contributed by atoms with Crippen molar-refractivity contribution in [3.05, 3.63) is 95.6 Å². The number of esters is 1. The number of hydrogen-bond donors (Lipinski definition) is 1. The lowest BCUT2D eigenvalue weighted by Gasteiger charge is -2.09. The summed E-state index contributed by atoms with van der Waals surface area (Å²) in [7, 11) is 0. The largest absolute Gasteiger partial charge is 0.427 e. The van der Waals surface area contributed by atoms with Gasteiger partial charge in [0.25, 0.3) is 5.91 Å². The molecule has 0 unspecified atom stereocenters. The maximum absolute atomic E-state index is 12.8. The third-order valence-corrected chi connectivity index (χ3v) is 5.39. The van der Waals surface area contributed by atoms with Gasteiger partial charge in [0.15, 0.2) is 0 Å². The Morgan fingerprint density at radius 3 is 2.43 bits per heavy atom. The second-order valence-corrected chi connectivity index (χ2v) is 7.48. The maximum Gasteiger partial charge on any atom is 0.308 e. The minimum atomic E-state index is -0.359. The highest BCUT2D eigenvalue weighted by atomic mass is 16.5. The lowest BCUT2D eigenvalue weighted by atomic mass is 10.0. The molecule has 0 aromatic heterocycles. The SMILES string of the molecule is CC(=O)Oc1ccc2cc(C(=O)Nc3ccc4c(c3)Cc3ccccc3-4)ccc2c1. The average Bonchev–Trinajstić information content (AvgIpc) is 3.10. The number of amides is 1. The number of ether oxygens (including phenoxy) is 1. The van der Waals surface area contributed by atoms with Crippen LogP contribution in [0.3, 0.4) is 0 Å². The number of fused-ring (bicyclic) bond motifs is 4. The molecule has 1 aliphatic carbocycles. The second-order valence-electron chi connectivity index (χ2n) is 7.48. The number of carbonyl (C=O) groups is 2. The van der Waals surface area contributed by atoms with Gasteiger partial charge in [-0.15, -0.1) is 0 Å². The minimum Gasteiger partial charge on any atom is -0.427 e. The molecule has 0 fully saturated rings. The van der Waals surface area contributed by atoms with Crippen molar-refractivity contribution >= 4 is 28.3 Å². The van der Waals surface area contributed by atoms with Crippen LogP contribution in [0.4, 0.5) is 5.69 Å². The van der Waals surface area contributed by atoms with Crippen molar-refractivity contribution in [3.63, 3.8) is 0 Å². The fraction of sp³-hybridized carbons (Fsp3) is 0.0769. The molecule has 4 aromatic carbocycles. The van der Waals surface area contributed by atoms with Gasteiger partial charge in [-0.05, 0) is 75.8 Å². The van der Waals surface area contributed by atoms with Gasteiger partial charge in [0.05, 0.1) is 0 Å². The quantitative estimate of drug-likeness (QED) is 0.321. The first-order valence-electron chi connectivity index (χ1n) is 9.82. The molecule has 0 spiro atoms. The minimum absolute atomic E-state index is 0.156. The van der Waals surface area contributed by atoms with Crippen molar-refractivity contribution in [1.82, 2.24) is 0 Å². The molecule has 0 atom stereocenters. The lowest BCUT2D eigenvalue weighted by molar-refractivity contribution is -0.131. The summed E-state index contributed by atoms with van der Waals surface area (Å²) in [6, 6.07) is 25.3. The van der Waals surface area contributed by atoms with Crippen LogP contribution in [0.2, 0.25) is 0 Å². The molecule has 0 aliphatic heterocycles. The zero-order valence-electron chi connectivity index (χ0n) is 16.4. The van der Waals surface area contributed by atoms with E-state index in [9.17, 15) is 9.59 Å². The lowest BCUT2D eigenvalue weighted by Crippen LogP contribution is -2.12. The van der Waals surface area contributed by atoms with Gasteiger partial charge < -0.3 is 10.1 Å². The molecule has 4 heteroatoms. The van der Waals surface area contributed by atoms with Gasteiger partial charge in [-0.3, -0.25) is 9.59 Å². The van der Waals surface area contributed by atoms with Gasteiger partial charge in [0.1, 0.15) is 5.75 Å². The highest BCUT2D eigenvalue weighted by molar-refractivity contribution is 6.06. The van der Waals surface area contributed by atoms with Crippen LogP contribution >= 0.6 is 0 Å². The van der Waals surface area contributed by atoms with Crippen molar-refractivity contribution in [1.29, 1.82) is 0 Å². The Morgan fingerprint density at radius 1 is 0.800 bits per heavy atom. The fourth-order valence-electron chi connectivity index (χ4n) is 4.02. The second kappa shape index (κ2) is 7.16. The summed E-state index contributed by atoms with van der Waals surface area (Å²) < 4.78 is 5.12. The molecule has 4 nitrogen and oxygen atoms in total. The predicted octanol–water partition coefficient (Wildman–Crippen LogP) is 5.59. The number of nitrogens with one attached hydrogen (secondary N) is 1. The first-order valence-corrected chi connectivity index (χ1v) is 9.82. The van der Waals surface area contributed by atoms with E-state index >= 15 is 0 Å². The normalized spacial score (nSPS) is 11.6. The van der Waals surface area contributed by atoms with E-state index in [1.807, 2.05) is 24.3 Å². The molecule has 146 valence electrons. The Kier molecular flexibility index (Phi) is 4.32. The molecule has 4 aromatic rings. The smallest absolute Gasteiger partial charge is 0.308 e. The van der Waals surface area contributed by atoms with Crippen LogP contribution in [0, 0.1) is 0 Å². The summed E-state index contributed by atoms with van der Waals surface area (Å²) >= 11 is 0. The highest BCUT2D eigenvalue weighted by Crippen LogP contribution is 2.37. The third kappa shape index (κ3) is 3.33. The zero-order valence-corrected chi connectivity index (χ0v) is 16.4. The molecule has 1 N–H and O–H groups in total. The number of benzene rings is 4. The summed E-state index contributed by atoms with van der Waals surface area (Å²) in [4.78, 5) is 23.9. The average molecular weight is 393 g/mol. The zero-order chi connectivity index (χ0) is 20.7. The third-order valence-electron chi connectivity index (χ3n) is 5.39. The Morgan fingerprint density at radius 2 is 1.57 bits per heavy atom. The number of hydrogen-bond acceptors (Lipinski definition) is 3. The molecular weight excluding hydrogens is 374 g/mol. The van der Waals surface area contributed by atoms with E-state index in [1.54, 1.807) is 18.2 Å². The topological polar surface area (TPSA) is 55.4 Å². The summed E-state index contributed by atoms with van der Waals surface area (Å²) in [5, 5.41) is 4.82. The van der Waals surface area contributed by atoms with E-state index in [1.165, 1.54) is 29.2 Å². The number of carbonyl (C=O) groups excluding carboxylic acids is 2. The van der Waals surface area contributed by atoms with Crippen molar-refractivity contribution in [2.24, 2.45) is 0 Å². The van der Waals surface area contributed by atoms with Gasteiger partial charge in [0.2, 0.25) is 0 Å². The van der Waals surface area contributed by atoms with E-state index in [-0.39, 0.29) is 11.9 Å². The Hall–Kier alpha value is -3.92. The van der Waals surface area contributed by atoms with Crippen molar-refractivity contribution in [2.75, 3.05) is 5.32 Å². The first kappa shape index (κ1) is 18.1. The van der Waals surface area contributed by atoms with E-state index < -0.39 is 0 Å². The molecule has 0 radical (unpaired) electrons. The summed E-state index contributed by atoms with van der Waals surface area (Å²) in [6.45, 7) is 1.37. The summed E-state index contributed by atoms with van der Waals surface area (Å²) in [5.74, 6) is -0.0226. The van der Waals surface area contributed by atoms with Gasteiger partial charge in [0, 0.05) is 18.2 Å². The Balaban J connectivity index is 1.37. The van der Waals surface area contributed by atoms with Gasteiger partial charge in [-0.25, -0.2) is 0 Å². The van der Waals surface area contributed by atoms with Crippen LogP contribution < -0.4 is 10.1 Å². The van der Waals surface area contributed by atoms with Crippen LogP contribution in [-0.2, 0) is 11.2 Å². The maximum atomic E-state index is 12.8. The Bertz CT molecular complexity index is 1320. The van der Waals surface area contributed by atoms with Gasteiger partial charge in [-0.2, -0.15) is 0 Å². The van der Waals surface area contributed by atoms with Crippen LogP contribution in [-0.4, -0.2) is 11.9 Å². The van der Waals surface area contributed by atoms with E-state index in [4.69, 9.17) is 4.74 Å². The molecule has 1 amide bonds. The predicted molar refractivity (Wildman–Crippen MR) is 118 cm³/mol. The first-order chi connectivity index (χ1) is 14.6. The van der Waals surface area contributed by atoms with Crippen LogP contribution in [0.25, 0.3) is 21.9 Å². The van der Waals surface area contributed by atoms with Gasteiger partial charge in [-0.1, -0.05) is 42.5 Å². The number of rotatable bonds is 3. The molecule has 0 saturated heterocycles. The number of anilines is 1. The van der Waals surface area contributed by atoms with Crippen LogP contribution in [0.5, 0.6) is 5.75 Å². The molecule has 5 rings (SSSR count). The van der Waals surface area contributed by atoms with E-state index in [0.29, 0.717) is 11.3 Å². The standard InChI is InChI=1S/C26H19NO3/c1-16(28)30-23-10-8-17-12-20(7-6-18(17)15-23)26(29)27-22-9-11-25-21(14-22)13-19-4-2-3-5-24(19)25/h2-12,14-15H,13H2,1H3,(H,27,29). The Labute approximate surface area is 174 Å². The summed E-state index contributed by atoms with van der Waals surface area (Å²) in [6.07, 6.45) is 0.885. The van der Waals surface area contributed by atoms with Crippen molar-refractivity contribution in [3.8, 4) is 16.9 Å². The van der Waals surface area contributed by atoms with Crippen LogP contribution in [0.15, 0.2) is 78.9 Å². The molecule has 0 heterocycles. The molecule has 30 heavy (non-hydrogen) atoms. The highest BCUT2D eigenvalue weighted by Gasteiger charge is 2.18.